The zero-order valence-electron chi connectivity index (χ0n) is 15.9. The van der Waals surface area contributed by atoms with E-state index >= 15 is 0 Å². The summed E-state index contributed by atoms with van der Waals surface area (Å²) >= 11 is 1.00. The summed E-state index contributed by atoms with van der Waals surface area (Å²) < 4.78 is 46.1. The first-order chi connectivity index (χ1) is 14.4. The first kappa shape index (κ1) is 20.6. The summed E-state index contributed by atoms with van der Waals surface area (Å²) in [5, 5.41) is 9.29. The number of hydrogen-bond donors (Lipinski definition) is 1. The minimum Gasteiger partial charge on any atom is -0.412 e. The molecule has 1 amide bonds. The summed E-state index contributed by atoms with van der Waals surface area (Å²) in [6.07, 6.45) is 2.99. The Kier molecular flexibility index (Phi) is 5.93. The van der Waals surface area contributed by atoms with E-state index in [1.54, 1.807) is 10.3 Å². The topological polar surface area (TPSA) is 105 Å². The van der Waals surface area contributed by atoms with E-state index in [9.17, 15) is 17.6 Å². The molecule has 0 unspecified atom stereocenters. The molecule has 0 radical (unpaired) electrons. The molecule has 1 aromatic carbocycles. The minimum absolute atomic E-state index is 0.0326. The quantitative estimate of drug-likeness (QED) is 0.619. The van der Waals surface area contributed by atoms with E-state index in [4.69, 9.17) is 4.42 Å². The Morgan fingerprint density at radius 1 is 1.17 bits per heavy atom. The van der Waals surface area contributed by atoms with Crippen molar-refractivity contribution in [2.24, 2.45) is 0 Å². The van der Waals surface area contributed by atoms with Crippen molar-refractivity contribution in [2.75, 3.05) is 13.1 Å². The fraction of sp³-hybridized carbons (Fsp3) is 0.316. The van der Waals surface area contributed by atoms with E-state index in [2.05, 4.69) is 14.9 Å². The van der Waals surface area contributed by atoms with Crippen molar-refractivity contribution < 1.29 is 22.0 Å². The van der Waals surface area contributed by atoms with Gasteiger partial charge in [-0.2, -0.15) is 0 Å². The first-order valence-corrected chi connectivity index (χ1v) is 11.7. The molecule has 0 aliphatic carbocycles. The molecule has 158 valence electrons. The Morgan fingerprint density at radius 2 is 1.90 bits per heavy atom. The summed E-state index contributed by atoms with van der Waals surface area (Å²) in [6.45, 7) is 1.36. The second-order valence-electron chi connectivity index (χ2n) is 6.87. The normalized spacial score (nSPS) is 14.8. The molecular formula is C19H19FN4O4S2. The van der Waals surface area contributed by atoms with Crippen LogP contribution in [0.2, 0.25) is 0 Å². The highest BCUT2D eigenvalue weighted by molar-refractivity contribution is 7.91. The Labute approximate surface area is 176 Å². The number of benzene rings is 1. The van der Waals surface area contributed by atoms with Crippen LogP contribution in [-0.2, 0) is 16.6 Å². The molecule has 0 saturated carbocycles. The molecule has 1 N–H and O–H groups in total. The predicted octanol–water partition coefficient (Wildman–Crippen LogP) is 3.04. The van der Waals surface area contributed by atoms with Gasteiger partial charge >= 0.3 is 11.8 Å². The zero-order valence-corrected chi connectivity index (χ0v) is 17.5. The third-order valence-electron chi connectivity index (χ3n) is 4.72. The lowest BCUT2D eigenvalue weighted by Crippen LogP contribution is -2.35. The fourth-order valence-electron chi connectivity index (χ4n) is 3.08. The molecule has 3 aromatic rings. The second kappa shape index (κ2) is 8.62. The van der Waals surface area contributed by atoms with Gasteiger partial charge in [0.25, 0.3) is 0 Å². The molecule has 11 heteroatoms. The number of aromatic nitrogens is 2. The maximum absolute atomic E-state index is 13.0. The van der Waals surface area contributed by atoms with Crippen molar-refractivity contribution in [1.29, 1.82) is 0 Å². The number of sulfonamides is 1. The lowest BCUT2D eigenvalue weighted by Gasteiger charge is -2.24. The second-order valence-corrected chi connectivity index (χ2v) is 9.78. The van der Waals surface area contributed by atoms with Crippen LogP contribution >= 0.6 is 11.3 Å². The van der Waals surface area contributed by atoms with Crippen molar-refractivity contribution in [2.45, 2.75) is 30.0 Å². The van der Waals surface area contributed by atoms with Crippen molar-refractivity contribution >= 4 is 27.3 Å². The van der Waals surface area contributed by atoms with Gasteiger partial charge in [-0.1, -0.05) is 12.1 Å². The Balaban J connectivity index is 1.45. The highest BCUT2D eigenvalue weighted by Crippen LogP contribution is 2.28. The predicted molar refractivity (Wildman–Crippen MR) is 108 cm³/mol. The van der Waals surface area contributed by atoms with E-state index in [1.807, 2.05) is 0 Å². The molecule has 1 saturated heterocycles. The number of rotatable bonds is 6. The third kappa shape index (κ3) is 4.58. The molecule has 1 fully saturated rings. The van der Waals surface area contributed by atoms with Gasteiger partial charge in [-0.25, -0.2) is 17.5 Å². The third-order valence-corrected chi connectivity index (χ3v) is 7.56. The average molecular weight is 451 g/mol. The van der Waals surface area contributed by atoms with Crippen molar-refractivity contribution in [3.8, 4) is 11.5 Å². The van der Waals surface area contributed by atoms with Crippen LogP contribution in [0.25, 0.3) is 11.5 Å². The summed E-state index contributed by atoms with van der Waals surface area (Å²) in [4.78, 5) is 14.1. The van der Waals surface area contributed by atoms with Crippen LogP contribution in [0.3, 0.4) is 0 Å². The van der Waals surface area contributed by atoms with Gasteiger partial charge in [-0.3, -0.25) is 4.79 Å². The average Bonchev–Trinajstić information content (AvgIpc) is 3.44. The molecule has 0 bridgehead atoms. The highest BCUT2D eigenvalue weighted by Gasteiger charge is 2.25. The molecule has 8 nitrogen and oxygen atoms in total. The smallest absolute Gasteiger partial charge is 0.311 e. The van der Waals surface area contributed by atoms with Crippen LogP contribution in [0.4, 0.5) is 4.39 Å². The summed E-state index contributed by atoms with van der Waals surface area (Å²) in [6, 6.07) is 6.98. The molecular weight excluding hydrogens is 431 g/mol. The number of nitrogens with zero attached hydrogens (tertiary/aromatic N) is 3. The van der Waals surface area contributed by atoms with Gasteiger partial charge in [-0.15, -0.1) is 21.5 Å². The lowest BCUT2D eigenvalue weighted by atomic mass is 10.1. The molecule has 4 rings (SSSR count). The highest BCUT2D eigenvalue weighted by atomic mass is 32.2. The molecule has 0 atom stereocenters. The number of likely N-dealkylation sites (tertiary alicyclic amines) is 1. The maximum Gasteiger partial charge on any atom is 0.311 e. The van der Waals surface area contributed by atoms with Gasteiger partial charge < -0.3 is 9.32 Å². The van der Waals surface area contributed by atoms with Gasteiger partial charge in [-0.05, 0) is 43.0 Å². The number of carbonyl (C=O) groups excluding carboxylic acids is 1. The van der Waals surface area contributed by atoms with Crippen molar-refractivity contribution in [3.05, 3.63) is 53.0 Å². The monoisotopic (exact) mass is 450 g/mol. The minimum atomic E-state index is -3.77. The van der Waals surface area contributed by atoms with E-state index in [-0.39, 0.29) is 34.3 Å². The lowest BCUT2D eigenvalue weighted by molar-refractivity contribution is 0.0684. The van der Waals surface area contributed by atoms with Crippen LogP contribution in [0, 0.1) is 5.82 Å². The van der Waals surface area contributed by atoms with Crippen LogP contribution in [0.5, 0.6) is 0 Å². The van der Waals surface area contributed by atoms with Crippen LogP contribution in [0.15, 0.2) is 44.3 Å². The maximum atomic E-state index is 13.0. The van der Waals surface area contributed by atoms with Crippen molar-refractivity contribution in [3.63, 3.8) is 0 Å². The number of hydrogen-bond acceptors (Lipinski definition) is 7. The van der Waals surface area contributed by atoms with E-state index < -0.39 is 10.0 Å². The van der Waals surface area contributed by atoms with Gasteiger partial charge in [0.2, 0.25) is 15.9 Å². The largest absolute Gasteiger partial charge is 0.412 e. The molecule has 1 aliphatic heterocycles. The van der Waals surface area contributed by atoms with Crippen LogP contribution in [0.1, 0.15) is 35.5 Å². The molecule has 1 aliphatic rings. The van der Waals surface area contributed by atoms with E-state index in [0.717, 1.165) is 30.6 Å². The molecule has 0 spiro atoms. The number of piperidine rings is 1. The summed E-state index contributed by atoms with van der Waals surface area (Å²) in [5.74, 6) is -0.705. The van der Waals surface area contributed by atoms with E-state index in [0.29, 0.717) is 24.2 Å². The van der Waals surface area contributed by atoms with Gasteiger partial charge in [0.05, 0.1) is 5.56 Å². The standard InChI is InChI=1S/C19H19FN4O4S2/c20-15-6-4-13(5-7-15)11-21-30(26,27)16-10-14(12-29-16)17-22-23-18(28-17)19(25)24-8-2-1-3-9-24/h4-7,10,12,21H,1-3,8-9,11H2. The van der Waals surface area contributed by atoms with Crippen LogP contribution < -0.4 is 4.72 Å². The zero-order chi connectivity index (χ0) is 21.1. The summed E-state index contributed by atoms with van der Waals surface area (Å²) in [5.41, 5.74) is 1.06. The Morgan fingerprint density at radius 3 is 2.63 bits per heavy atom. The first-order valence-electron chi connectivity index (χ1n) is 9.38. The summed E-state index contributed by atoms with van der Waals surface area (Å²) in [7, 11) is -3.77. The Hall–Kier alpha value is -2.63. The van der Waals surface area contributed by atoms with Gasteiger partial charge in [0.15, 0.2) is 0 Å². The number of carbonyl (C=O) groups is 1. The van der Waals surface area contributed by atoms with E-state index in [1.165, 1.54) is 30.3 Å². The number of halogens is 1. The number of nitrogens with one attached hydrogen (secondary N) is 1. The molecule has 30 heavy (non-hydrogen) atoms. The molecule has 3 heterocycles. The number of thiophene rings is 1. The van der Waals surface area contributed by atoms with Crippen LogP contribution in [-0.4, -0.2) is 42.5 Å². The van der Waals surface area contributed by atoms with Crippen molar-refractivity contribution in [1.82, 2.24) is 19.8 Å². The Bertz CT molecular complexity index is 1140. The SMILES string of the molecule is O=C(c1nnc(-c2csc(S(=O)(=O)NCc3ccc(F)cc3)c2)o1)N1CCCCC1. The fourth-order valence-corrected chi connectivity index (χ4v) is 5.30. The molecule has 2 aromatic heterocycles. The van der Waals surface area contributed by atoms with Gasteiger partial charge in [0, 0.05) is 25.0 Å². The number of amides is 1. The van der Waals surface area contributed by atoms with Gasteiger partial charge in [0.1, 0.15) is 10.0 Å².